The van der Waals surface area contributed by atoms with E-state index in [1.54, 1.807) is 0 Å². The predicted molar refractivity (Wildman–Crippen MR) is 305 cm³/mol. The summed E-state index contributed by atoms with van der Waals surface area (Å²) in [6, 6.07) is 96.8. The van der Waals surface area contributed by atoms with E-state index in [0.717, 1.165) is 46.2 Å². The van der Waals surface area contributed by atoms with Gasteiger partial charge in [0.2, 0.25) is 0 Å². The summed E-state index contributed by atoms with van der Waals surface area (Å²) in [4.78, 5) is 7.21. The van der Waals surface area contributed by atoms with Gasteiger partial charge in [-0.25, -0.2) is 0 Å². The van der Waals surface area contributed by atoms with Crippen LogP contribution in [-0.4, -0.2) is 7.05 Å². The molecule has 0 aliphatic heterocycles. The first kappa shape index (κ1) is 44.8. The number of hydrogen-bond acceptors (Lipinski definition) is 4. The van der Waals surface area contributed by atoms with Crippen LogP contribution < -0.4 is 15.1 Å². The molecule has 0 unspecified atom stereocenters. The van der Waals surface area contributed by atoms with Crippen LogP contribution >= 0.6 is 11.3 Å². The third kappa shape index (κ3) is 9.29. The zero-order valence-electron chi connectivity index (χ0n) is 39.9. The van der Waals surface area contributed by atoms with Gasteiger partial charge in [-0.3, -0.25) is 0 Å². The van der Waals surface area contributed by atoms with Gasteiger partial charge < -0.3 is 15.1 Å². The highest BCUT2D eigenvalue weighted by Crippen LogP contribution is 2.53. The van der Waals surface area contributed by atoms with Crippen molar-refractivity contribution in [2.75, 3.05) is 22.2 Å². The van der Waals surface area contributed by atoms with Gasteiger partial charge in [0.25, 0.3) is 0 Å². The molecule has 10 aromatic carbocycles. The summed E-state index contributed by atoms with van der Waals surface area (Å²) in [7, 11) is 1.95. The third-order valence-corrected chi connectivity index (χ3v) is 14.5. The van der Waals surface area contributed by atoms with Gasteiger partial charge in [0, 0.05) is 67.6 Å². The minimum absolute atomic E-state index is 0.956. The lowest BCUT2D eigenvalue weighted by atomic mass is 9.91. The van der Waals surface area contributed by atoms with Gasteiger partial charge in [0.15, 0.2) is 0 Å². The molecule has 4 heteroatoms. The minimum atomic E-state index is 0.956. The van der Waals surface area contributed by atoms with E-state index in [0.29, 0.717) is 0 Å². The van der Waals surface area contributed by atoms with Gasteiger partial charge in [-0.1, -0.05) is 189 Å². The van der Waals surface area contributed by atoms with E-state index in [9.17, 15) is 0 Å². The Morgan fingerprint density at radius 2 is 0.761 bits per heavy atom. The van der Waals surface area contributed by atoms with Crippen molar-refractivity contribution in [3.63, 3.8) is 0 Å². The van der Waals surface area contributed by atoms with Crippen LogP contribution in [0.15, 0.2) is 267 Å². The molecule has 0 atom stereocenters. The number of anilines is 7. The number of rotatable bonds is 14. The standard InChI is InChI=1S/C67H53N3S/c1-3-48-32-45-63(62(46-48)50-22-11-5-12-23-50)70(61-31-19-28-55(47-61)49-20-9-4-10-21-49)60-41-35-54(36-42-60)67-65(52-26-15-7-16-27-52)64(51-24-13-6-14-25-51)66(71-67)53-33-39-58(40-34-53)69(57-29-17-8-18-30-57)59-43-37-56(68-2)38-44-59/h4-47,68H,3H2,1-2H3. The Hall–Kier alpha value is -8.70. The number of nitrogens with zero attached hydrogens (tertiary/aromatic N) is 2. The van der Waals surface area contributed by atoms with Gasteiger partial charge >= 0.3 is 0 Å². The molecule has 1 N–H and O–H groups in total. The second-order valence-electron chi connectivity index (χ2n) is 17.6. The minimum Gasteiger partial charge on any atom is -0.388 e. The van der Waals surface area contributed by atoms with Crippen LogP contribution in [0.3, 0.4) is 0 Å². The number of hydrogen-bond donors (Lipinski definition) is 1. The van der Waals surface area contributed by atoms with Crippen LogP contribution in [0.5, 0.6) is 0 Å². The highest BCUT2D eigenvalue weighted by atomic mass is 32.1. The molecule has 3 nitrogen and oxygen atoms in total. The van der Waals surface area contributed by atoms with Crippen molar-refractivity contribution in [1.82, 2.24) is 0 Å². The Morgan fingerprint density at radius 1 is 0.338 bits per heavy atom. The van der Waals surface area contributed by atoms with Gasteiger partial charge in [-0.2, -0.15) is 0 Å². The maximum Gasteiger partial charge on any atom is 0.0540 e. The monoisotopic (exact) mass is 931 g/mol. The number of thiophene rings is 1. The molecule has 0 aliphatic rings. The Bertz CT molecular complexity index is 3500. The fourth-order valence-electron chi connectivity index (χ4n) is 9.65. The molecule has 11 rings (SSSR count). The topological polar surface area (TPSA) is 18.5 Å². The number of para-hydroxylation sites is 1. The first-order valence-electron chi connectivity index (χ1n) is 24.4. The Morgan fingerprint density at radius 3 is 1.27 bits per heavy atom. The molecule has 11 aromatic rings. The van der Waals surface area contributed by atoms with Gasteiger partial charge in [-0.15, -0.1) is 11.3 Å². The third-order valence-electron chi connectivity index (χ3n) is 13.2. The summed E-state index contributed by atoms with van der Waals surface area (Å²) in [5, 5.41) is 3.27. The molecule has 342 valence electrons. The average molecular weight is 932 g/mol. The van der Waals surface area contributed by atoms with Crippen LogP contribution in [0.1, 0.15) is 12.5 Å². The molecule has 1 heterocycles. The molecule has 0 fully saturated rings. The van der Waals surface area contributed by atoms with Crippen LogP contribution in [-0.2, 0) is 6.42 Å². The first-order valence-corrected chi connectivity index (χ1v) is 25.2. The summed E-state index contributed by atoms with van der Waals surface area (Å²) in [5.74, 6) is 0. The Kier molecular flexibility index (Phi) is 12.9. The molecular formula is C67H53N3S. The maximum absolute atomic E-state index is 3.27. The predicted octanol–water partition coefficient (Wildman–Crippen LogP) is 19.3. The summed E-state index contributed by atoms with van der Waals surface area (Å²) < 4.78 is 0. The van der Waals surface area contributed by atoms with E-state index in [2.05, 4.69) is 289 Å². The summed E-state index contributed by atoms with van der Waals surface area (Å²) in [6.07, 6.45) is 0.956. The van der Waals surface area contributed by atoms with E-state index in [1.165, 1.54) is 71.0 Å². The lowest BCUT2D eigenvalue weighted by molar-refractivity contribution is 1.14. The molecular weight excluding hydrogens is 879 g/mol. The van der Waals surface area contributed by atoms with Crippen LogP contribution in [0.4, 0.5) is 39.8 Å². The molecule has 1 aromatic heterocycles. The van der Waals surface area contributed by atoms with E-state index in [-0.39, 0.29) is 0 Å². The highest BCUT2D eigenvalue weighted by molar-refractivity contribution is 7.20. The van der Waals surface area contributed by atoms with E-state index in [1.807, 2.05) is 18.4 Å². The molecule has 0 bridgehead atoms. The van der Waals surface area contributed by atoms with Crippen molar-refractivity contribution >= 4 is 51.1 Å². The summed E-state index contributed by atoms with van der Waals surface area (Å²) in [5.41, 5.74) is 20.9. The normalized spacial score (nSPS) is 11.0. The maximum atomic E-state index is 3.27. The second-order valence-corrected chi connectivity index (χ2v) is 18.6. The van der Waals surface area contributed by atoms with E-state index < -0.39 is 0 Å². The SMILES string of the molecule is CCc1ccc(N(c2ccc(-c3sc(-c4ccc(N(c5ccccc5)c5ccc(NC)cc5)cc4)c(-c4ccccc4)c3-c3ccccc3)cc2)c2cccc(-c3ccccc3)c2)c(-c2ccccc2)c1. The van der Waals surface area contributed by atoms with Crippen LogP contribution in [0, 0.1) is 0 Å². The second kappa shape index (κ2) is 20.5. The summed E-state index contributed by atoms with van der Waals surface area (Å²) >= 11 is 1.87. The molecule has 71 heavy (non-hydrogen) atoms. The van der Waals surface area contributed by atoms with Crippen molar-refractivity contribution in [1.29, 1.82) is 0 Å². The van der Waals surface area contributed by atoms with Crippen molar-refractivity contribution in [3.8, 4) is 65.4 Å². The quantitative estimate of drug-likeness (QED) is 0.117. The zero-order chi connectivity index (χ0) is 47.9. The van der Waals surface area contributed by atoms with E-state index >= 15 is 0 Å². The largest absolute Gasteiger partial charge is 0.388 e. The van der Waals surface area contributed by atoms with Crippen molar-refractivity contribution in [3.05, 3.63) is 272 Å². The van der Waals surface area contributed by atoms with Crippen molar-refractivity contribution < 1.29 is 0 Å². The number of benzene rings is 10. The lowest BCUT2D eigenvalue weighted by Crippen LogP contribution is -2.11. The van der Waals surface area contributed by atoms with Crippen molar-refractivity contribution in [2.45, 2.75) is 13.3 Å². The fourth-order valence-corrected chi connectivity index (χ4v) is 11.0. The number of nitrogens with one attached hydrogen (secondary N) is 1. The molecule has 0 spiro atoms. The van der Waals surface area contributed by atoms with Gasteiger partial charge in [-0.05, 0) is 136 Å². The van der Waals surface area contributed by atoms with Crippen LogP contribution in [0.25, 0.3) is 65.4 Å². The Labute approximate surface area is 422 Å². The van der Waals surface area contributed by atoms with Crippen molar-refractivity contribution in [2.24, 2.45) is 0 Å². The van der Waals surface area contributed by atoms with E-state index in [4.69, 9.17) is 0 Å². The molecule has 0 radical (unpaired) electrons. The first-order chi connectivity index (χ1) is 35.1. The average Bonchev–Trinajstić information content (AvgIpc) is 3.86. The lowest BCUT2D eigenvalue weighted by Gasteiger charge is -2.29. The highest BCUT2D eigenvalue weighted by Gasteiger charge is 2.25. The zero-order valence-corrected chi connectivity index (χ0v) is 40.7. The number of aryl methyl sites for hydroxylation is 1. The van der Waals surface area contributed by atoms with Gasteiger partial charge in [0.1, 0.15) is 0 Å². The Balaban J connectivity index is 1.06. The molecule has 0 saturated carbocycles. The van der Waals surface area contributed by atoms with Crippen LogP contribution in [0.2, 0.25) is 0 Å². The van der Waals surface area contributed by atoms with Gasteiger partial charge in [0.05, 0.1) is 5.69 Å². The molecule has 0 amide bonds. The molecule has 0 saturated heterocycles. The summed E-state index contributed by atoms with van der Waals surface area (Å²) in [6.45, 7) is 2.23. The molecule has 0 aliphatic carbocycles. The fraction of sp³-hybridized carbons (Fsp3) is 0.0448. The smallest absolute Gasteiger partial charge is 0.0540 e.